The second-order valence-electron chi connectivity index (χ2n) is 7.77. The van der Waals surface area contributed by atoms with Gasteiger partial charge >= 0.3 is 0 Å². The van der Waals surface area contributed by atoms with Crippen LogP contribution in [0.1, 0.15) is 59.8 Å². The fourth-order valence-electron chi connectivity index (χ4n) is 4.16. The summed E-state index contributed by atoms with van der Waals surface area (Å²) in [6, 6.07) is 0. The van der Waals surface area contributed by atoms with E-state index in [-0.39, 0.29) is 0 Å². The van der Waals surface area contributed by atoms with Gasteiger partial charge in [-0.05, 0) is 55.8 Å². The van der Waals surface area contributed by atoms with Gasteiger partial charge in [0.25, 0.3) is 0 Å². The number of hydrogen-bond acceptors (Lipinski definition) is 3. The van der Waals surface area contributed by atoms with Crippen LogP contribution in [0, 0.1) is 16.7 Å². The van der Waals surface area contributed by atoms with Crippen molar-refractivity contribution >= 4 is 0 Å². The van der Waals surface area contributed by atoms with Crippen LogP contribution in [-0.4, -0.2) is 30.0 Å². The van der Waals surface area contributed by atoms with E-state index in [0.29, 0.717) is 23.5 Å². The Morgan fingerprint density at radius 1 is 1.37 bits per heavy atom. The molecule has 3 heteroatoms. The van der Waals surface area contributed by atoms with Crippen molar-refractivity contribution in [2.45, 2.75) is 71.5 Å². The SMILES string of the molecule is CC(O)(CN)CCCOC1CC2CCC1(C)C2(C)C. The summed E-state index contributed by atoms with van der Waals surface area (Å²) in [4.78, 5) is 0. The Morgan fingerprint density at radius 2 is 2.05 bits per heavy atom. The van der Waals surface area contributed by atoms with Crippen molar-refractivity contribution in [3.63, 3.8) is 0 Å². The lowest BCUT2D eigenvalue weighted by molar-refractivity contribution is -0.0525. The fraction of sp³-hybridized carbons (Fsp3) is 1.00. The molecule has 2 aliphatic carbocycles. The molecule has 0 saturated heterocycles. The highest BCUT2D eigenvalue weighted by molar-refractivity contribution is 5.11. The summed E-state index contributed by atoms with van der Waals surface area (Å²) in [5.74, 6) is 0.828. The zero-order valence-corrected chi connectivity index (χ0v) is 13.0. The Labute approximate surface area is 117 Å². The lowest BCUT2D eigenvalue weighted by Crippen LogP contribution is -2.38. The molecule has 0 aromatic heterocycles. The molecule has 0 radical (unpaired) electrons. The van der Waals surface area contributed by atoms with Crippen LogP contribution in [0.15, 0.2) is 0 Å². The number of aliphatic hydroxyl groups is 1. The summed E-state index contributed by atoms with van der Waals surface area (Å²) in [7, 11) is 0. The quantitative estimate of drug-likeness (QED) is 0.729. The second-order valence-corrected chi connectivity index (χ2v) is 7.77. The third kappa shape index (κ3) is 2.57. The topological polar surface area (TPSA) is 55.5 Å². The van der Waals surface area contributed by atoms with E-state index >= 15 is 0 Å². The molecule has 2 saturated carbocycles. The van der Waals surface area contributed by atoms with Gasteiger partial charge in [-0.2, -0.15) is 0 Å². The van der Waals surface area contributed by atoms with Crippen molar-refractivity contribution in [1.82, 2.24) is 0 Å². The maximum absolute atomic E-state index is 9.87. The van der Waals surface area contributed by atoms with Crippen LogP contribution in [0.4, 0.5) is 0 Å². The van der Waals surface area contributed by atoms with Gasteiger partial charge in [0.1, 0.15) is 0 Å². The predicted molar refractivity (Wildman–Crippen MR) is 77.9 cm³/mol. The summed E-state index contributed by atoms with van der Waals surface area (Å²) in [6.07, 6.45) is 5.91. The lowest BCUT2D eigenvalue weighted by atomic mass is 9.70. The molecule has 2 rings (SSSR count). The summed E-state index contributed by atoms with van der Waals surface area (Å²) in [6.45, 7) is 10.1. The average molecular weight is 269 g/mol. The summed E-state index contributed by atoms with van der Waals surface area (Å²) >= 11 is 0. The van der Waals surface area contributed by atoms with Gasteiger partial charge < -0.3 is 15.6 Å². The number of ether oxygens (including phenoxy) is 1. The predicted octanol–water partition coefficient (Wildman–Crippen LogP) is 2.71. The highest BCUT2D eigenvalue weighted by Gasteiger charge is 2.61. The van der Waals surface area contributed by atoms with E-state index < -0.39 is 5.60 Å². The van der Waals surface area contributed by atoms with E-state index in [1.807, 2.05) is 0 Å². The van der Waals surface area contributed by atoms with Crippen molar-refractivity contribution < 1.29 is 9.84 Å². The van der Waals surface area contributed by atoms with Gasteiger partial charge in [0.05, 0.1) is 11.7 Å². The molecule has 2 fully saturated rings. The molecule has 0 heterocycles. The first-order chi connectivity index (χ1) is 8.73. The molecule has 19 heavy (non-hydrogen) atoms. The van der Waals surface area contributed by atoms with E-state index in [0.717, 1.165) is 25.4 Å². The summed E-state index contributed by atoms with van der Waals surface area (Å²) in [5.41, 5.74) is 5.55. The summed E-state index contributed by atoms with van der Waals surface area (Å²) in [5, 5.41) is 9.87. The molecule has 3 nitrogen and oxygen atoms in total. The van der Waals surface area contributed by atoms with Gasteiger partial charge in [-0.3, -0.25) is 0 Å². The first-order valence-electron chi connectivity index (χ1n) is 7.77. The van der Waals surface area contributed by atoms with Gasteiger partial charge in [-0.1, -0.05) is 20.8 Å². The Morgan fingerprint density at radius 3 is 2.53 bits per heavy atom. The van der Waals surface area contributed by atoms with Crippen LogP contribution >= 0.6 is 0 Å². The first-order valence-corrected chi connectivity index (χ1v) is 7.77. The molecule has 0 aromatic rings. The van der Waals surface area contributed by atoms with E-state index in [4.69, 9.17) is 10.5 Å². The Balaban J connectivity index is 1.80. The number of nitrogens with two attached hydrogens (primary N) is 1. The molecule has 0 aromatic carbocycles. The van der Waals surface area contributed by atoms with Crippen molar-refractivity contribution in [2.24, 2.45) is 22.5 Å². The standard InChI is InChI=1S/C16H31NO2/c1-14(2)12-6-8-16(14,4)13(10-12)19-9-5-7-15(3,18)11-17/h12-13,18H,5-11,17H2,1-4H3. The molecule has 0 aliphatic heterocycles. The first kappa shape index (κ1) is 15.3. The largest absolute Gasteiger partial charge is 0.389 e. The minimum Gasteiger partial charge on any atom is -0.389 e. The molecule has 0 amide bonds. The van der Waals surface area contributed by atoms with Crippen LogP contribution in [0.5, 0.6) is 0 Å². The zero-order valence-electron chi connectivity index (χ0n) is 13.0. The van der Waals surface area contributed by atoms with Crippen LogP contribution < -0.4 is 5.73 Å². The molecule has 112 valence electrons. The molecule has 3 N–H and O–H groups in total. The molecule has 2 bridgehead atoms. The van der Waals surface area contributed by atoms with Crippen LogP contribution in [0.25, 0.3) is 0 Å². The van der Waals surface area contributed by atoms with Crippen molar-refractivity contribution in [2.75, 3.05) is 13.2 Å². The fourth-order valence-corrected chi connectivity index (χ4v) is 4.16. The number of hydrogen-bond donors (Lipinski definition) is 2. The van der Waals surface area contributed by atoms with Crippen LogP contribution in [0.3, 0.4) is 0 Å². The lowest BCUT2D eigenvalue weighted by Gasteiger charge is -2.39. The van der Waals surface area contributed by atoms with Gasteiger partial charge in [-0.15, -0.1) is 0 Å². The van der Waals surface area contributed by atoms with Gasteiger partial charge in [-0.25, -0.2) is 0 Å². The third-order valence-corrected chi connectivity index (χ3v) is 6.33. The molecular formula is C16H31NO2. The second kappa shape index (κ2) is 5.01. The van der Waals surface area contributed by atoms with E-state index in [9.17, 15) is 5.11 Å². The minimum absolute atomic E-state index is 0.323. The number of fused-ring (bicyclic) bond motifs is 2. The number of rotatable bonds is 6. The van der Waals surface area contributed by atoms with Crippen molar-refractivity contribution in [3.05, 3.63) is 0 Å². The smallest absolute Gasteiger partial charge is 0.0742 e. The highest BCUT2D eigenvalue weighted by Crippen LogP contribution is 2.66. The monoisotopic (exact) mass is 269 g/mol. The molecular weight excluding hydrogens is 238 g/mol. The van der Waals surface area contributed by atoms with Crippen molar-refractivity contribution in [3.8, 4) is 0 Å². The molecule has 2 aliphatic rings. The van der Waals surface area contributed by atoms with E-state index in [2.05, 4.69) is 20.8 Å². The van der Waals surface area contributed by atoms with Crippen LogP contribution in [-0.2, 0) is 4.74 Å². The zero-order chi connectivity index (χ0) is 14.3. The maximum Gasteiger partial charge on any atom is 0.0742 e. The summed E-state index contributed by atoms with van der Waals surface area (Å²) < 4.78 is 6.16. The van der Waals surface area contributed by atoms with E-state index in [1.165, 1.54) is 19.3 Å². The van der Waals surface area contributed by atoms with Gasteiger partial charge in [0.15, 0.2) is 0 Å². The molecule has 4 atom stereocenters. The third-order valence-electron chi connectivity index (χ3n) is 6.33. The van der Waals surface area contributed by atoms with E-state index in [1.54, 1.807) is 6.92 Å². The Hall–Kier alpha value is -0.120. The van der Waals surface area contributed by atoms with Crippen LogP contribution in [0.2, 0.25) is 0 Å². The molecule has 0 spiro atoms. The van der Waals surface area contributed by atoms with Crippen molar-refractivity contribution in [1.29, 1.82) is 0 Å². The minimum atomic E-state index is -0.735. The Bertz CT molecular complexity index is 327. The maximum atomic E-state index is 9.87. The highest BCUT2D eigenvalue weighted by atomic mass is 16.5. The normalized spacial score (nSPS) is 39.5. The Kier molecular flexibility index (Phi) is 4.03. The van der Waals surface area contributed by atoms with Gasteiger partial charge in [0.2, 0.25) is 0 Å². The molecule has 4 unspecified atom stereocenters. The van der Waals surface area contributed by atoms with Gasteiger partial charge in [0, 0.05) is 13.2 Å². The average Bonchev–Trinajstić information content (AvgIpc) is 2.67.